The summed E-state index contributed by atoms with van der Waals surface area (Å²) in [7, 11) is 2.08. The van der Waals surface area contributed by atoms with Crippen LogP contribution in [0.4, 0.5) is 0 Å². The number of piperazine rings is 1. The van der Waals surface area contributed by atoms with E-state index in [4.69, 9.17) is 0 Å². The van der Waals surface area contributed by atoms with Crippen molar-refractivity contribution in [3.05, 3.63) is 0 Å². The van der Waals surface area contributed by atoms with E-state index in [1.165, 1.54) is 0 Å². The van der Waals surface area contributed by atoms with Crippen LogP contribution in [0.15, 0.2) is 0 Å². The minimum absolute atomic E-state index is 0.0676. The number of amides is 1. The maximum Gasteiger partial charge on any atom is 0.243 e. The molecule has 0 N–H and O–H groups in total. The first-order valence-electron chi connectivity index (χ1n) is 6.39. The molecule has 2 fully saturated rings. The average molecular weight is 235 g/mol. The van der Waals surface area contributed by atoms with Crippen LogP contribution in [0.1, 0.15) is 26.7 Å². The fraction of sp³-hybridized carbons (Fsp3) is 0.846. The zero-order valence-electron chi connectivity index (χ0n) is 10.9. The van der Waals surface area contributed by atoms with E-state index in [2.05, 4.69) is 31.9 Å². The first kappa shape index (κ1) is 12.4. The Balaban J connectivity index is 2.04. The molecule has 1 saturated heterocycles. The van der Waals surface area contributed by atoms with Gasteiger partial charge in [0.05, 0.1) is 6.07 Å². The van der Waals surface area contributed by atoms with Gasteiger partial charge in [-0.1, -0.05) is 6.92 Å². The first-order chi connectivity index (χ1) is 7.98. The Morgan fingerprint density at radius 1 is 1.35 bits per heavy atom. The molecule has 2 rings (SSSR count). The largest absolute Gasteiger partial charge is 0.338 e. The van der Waals surface area contributed by atoms with Crippen molar-refractivity contribution >= 4 is 5.91 Å². The highest BCUT2D eigenvalue weighted by Crippen LogP contribution is 2.46. The van der Waals surface area contributed by atoms with E-state index < -0.39 is 5.41 Å². The molecule has 1 heterocycles. The summed E-state index contributed by atoms with van der Waals surface area (Å²) >= 11 is 0. The third-order valence-electron chi connectivity index (χ3n) is 4.26. The number of nitrogens with zero attached hydrogens (tertiary/aromatic N) is 3. The van der Waals surface area contributed by atoms with Gasteiger partial charge in [-0.3, -0.25) is 4.79 Å². The zero-order valence-corrected chi connectivity index (χ0v) is 10.9. The van der Waals surface area contributed by atoms with Crippen molar-refractivity contribution in [2.45, 2.75) is 32.7 Å². The Morgan fingerprint density at radius 2 is 2.00 bits per heavy atom. The maximum absolute atomic E-state index is 12.4. The SMILES string of the molecule is CC1CC(C#N)(C(=O)N2CCN(C)C(C)C2)C1. The van der Waals surface area contributed by atoms with Crippen molar-refractivity contribution in [2.24, 2.45) is 11.3 Å². The molecule has 0 bridgehead atoms. The monoisotopic (exact) mass is 235 g/mol. The van der Waals surface area contributed by atoms with Crippen molar-refractivity contribution < 1.29 is 4.79 Å². The third kappa shape index (κ3) is 2.04. The Hall–Kier alpha value is -1.08. The highest BCUT2D eigenvalue weighted by atomic mass is 16.2. The summed E-state index contributed by atoms with van der Waals surface area (Å²) in [5.41, 5.74) is -0.699. The van der Waals surface area contributed by atoms with E-state index in [1.54, 1.807) is 0 Å². The fourth-order valence-electron chi connectivity index (χ4n) is 2.98. The number of carbonyl (C=O) groups is 1. The van der Waals surface area contributed by atoms with Gasteiger partial charge in [0.2, 0.25) is 5.91 Å². The van der Waals surface area contributed by atoms with Gasteiger partial charge in [0, 0.05) is 25.7 Å². The lowest BCUT2D eigenvalue weighted by atomic mass is 9.62. The lowest BCUT2D eigenvalue weighted by molar-refractivity contribution is -0.148. The fourth-order valence-corrected chi connectivity index (χ4v) is 2.98. The molecule has 94 valence electrons. The van der Waals surface area contributed by atoms with Crippen molar-refractivity contribution in [1.82, 2.24) is 9.80 Å². The second-order valence-electron chi connectivity index (χ2n) is 5.79. The summed E-state index contributed by atoms with van der Waals surface area (Å²) in [6.07, 6.45) is 1.48. The molecule has 0 aromatic heterocycles. The number of rotatable bonds is 1. The molecule has 1 saturated carbocycles. The van der Waals surface area contributed by atoms with E-state index in [0.29, 0.717) is 12.0 Å². The van der Waals surface area contributed by atoms with Gasteiger partial charge in [0.25, 0.3) is 0 Å². The summed E-state index contributed by atoms with van der Waals surface area (Å²) in [6.45, 7) is 6.66. The second-order valence-corrected chi connectivity index (χ2v) is 5.79. The van der Waals surface area contributed by atoms with Crippen LogP contribution in [0.5, 0.6) is 0 Å². The van der Waals surface area contributed by atoms with Crippen LogP contribution in [0, 0.1) is 22.7 Å². The minimum Gasteiger partial charge on any atom is -0.338 e. The van der Waals surface area contributed by atoms with E-state index in [0.717, 1.165) is 32.5 Å². The highest BCUT2D eigenvalue weighted by molar-refractivity contribution is 5.86. The van der Waals surface area contributed by atoms with Crippen LogP contribution < -0.4 is 0 Å². The van der Waals surface area contributed by atoms with Crippen LogP contribution in [0.2, 0.25) is 0 Å². The van der Waals surface area contributed by atoms with Gasteiger partial charge in [-0.2, -0.15) is 5.26 Å². The zero-order chi connectivity index (χ0) is 12.6. The quantitative estimate of drug-likeness (QED) is 0.683. The summed E-state index contributed by atoms with van der Waals surface area (Å²) in [5.74, 6) is 0.585. The topological polar surface area (TPSA) is 47.3 Å². The number of carbonyl (C=O) groups excluding carboxylic acids is 1. The second kappa shape index (κ2) is 4.30. The molecule has 1 aliphatic carbocycles. The minimum atomic E-state index is -0.699. The van der Waals surface area contributed by atoms with Crippen molar-refractivity contribution in [1.29, 1.82) is 5.26 Å². The summed E-state index contributed by atoms with van der Waals surface area (Å²) in [6, 6.07) is 2.65. The predicted molar refractivity (Wildman–Crippen MR) is 65.1 cm³/mol. The molecular formula is C13H21N3O. The average Bonchev–Trinajstić information content (AvgIpc) is 2.27. The van der Waals surface area contributed by atoms with Crippen LogP contribution in [0.25, 0.3) is 0 Å². The van der Waals surface area contributed by atoms with Crippen molar-refractivity contribution in [3.63, 3.8) is 0 Å². The lowest BCUT2D eigenvalue weighted by Crippen LogP contribution is -2.57. The van der Waals surface area contributed by atoms with Gasteiger partial charge in [-0.15, -0.1) is 0 Å². The van der Waals surface area contributed by atoms with Gasteiger partial charge >= 0.3 is 0 Å². The van der Waals surface area contributed by atoms with Crippen LogP contribution in [-0.4, -0.2) is 48.4 Å². The molecule has 0 aromatic rings. The molecule has 4 heteroatoms. The van der Waals surface area contributed by atoms with E-state index in [9.17, 15) is 10.1 Å². The molecule has 0 radical (unpaired) electrons. The van der Waals surface area contributed by atoms with Crippen LogP contribution >= 0.6 is 0 Å². The number of nitriles is 1. The Bertz CT molecular complexity index is 354. The van der Waals surface area contributed by atoms with E-state index in [-0.39, 0.29) is 5.91 Å². The van der Waals surface area contributed by atoms with Crippen molar-refractivity contribution in [2.75, 3.05) is 26.7 Å². The molecule has 0 aromatic carbocycles. The summed E-state index contributed by atoms with van der Waals surface area (Å²) in [5, 5.41) is 9.27. The van der Waals surface area contributed by atoms with Crippen molar-refractivity contribution in [3.8, 4) is 6.07 Å². The Morgan fingerprint density at radius 3 is 2.47 bits per heavy atom. The first-order valence-corrected chi connectivity index (χ1v) is 6.39. The molecule has 17 heavy (non-hydrogen) atoms. The molecule has 1 unspecified atom stereocenters. The molecule has 0 spiro atoms. The predicted octanol–water partition coefficient (Wildman–Crippen LogP) is 1.09. The normalized spacial score (nSPS) is 38.4. The lowest BCUT2D eigenvalue weighted by Gasteiger charge is -2.45. The molecule has 1 atom stereocenters. The molecule has 4 nitrogen and oxygen atoms in total. The maximum atomic E-state index is 12.4. The Kier molecular flexibility index (Phi) is 3.13. The third-order valence-corrected chi connectivity index (χ3v) is 4.26. The standard InChI is InChI=1S/C13H21N3O/c1-10-6-13(7-10,9-14)12(17)16-5-4-15(3)11(2)8-16/h10-11H,4-8H2,1-3H3. The van der Waals surface area contributed by atoms with Crippen LogP contribution in [0.3, 0.4) is 0 Å². The smallest absolute Gasteiger partial charge is 0.243 e. The van der Waals surface area contributed by atoms with Gasteiger partial charge in [-0.05, 0) is 32.7 Å². The molecule has 2 aliphatic rings. The molecular weight excluding hydrogens is 214 g/mol. The number of hydrogen-bond acceptors (Lipinski definition) is 3. The molecule has 1 amide bonds. The van der Waals surface area contributed by atoms with E-state index >= 15 is 0 Å². The summed E-state index contributed by atoms with van der Waals surface area (Å²) in [4.78, 5) is 16.6. The van der Waals surface area contributed by atoms with Crippen LogP contribution in [-0.2, 0) is 4.79 Å². The van der Waals surface area contributed by atoms with Gasteiger partial charge < -0.3 is 9.80 Å². The van der Waals surface area contributed by atoms with Gasteiger partial charge in [-0.25, -0.2) is 0 Å². The molecule has 1 aliphatic heterocycles. The highest BCUT2D eigenvalue weighted by Gasteiger charge is 2.51. The van der Waals surface area contributed by atoms with E-state index in [1.807, 2.05) is 4.90 Å². The Labute approximate surface area is 103 Å². The number of likely N-dealkylation sites (N-methyl/N-ethyl adjacent to an activating group) is 1. The summed E-state index contributed by atoms with van der Waals surface area (Å²) < 4.78 is 0. The van der Waals surface area contributed by atoms with Gasteiger partial charge in [0.15, 0.2) is 0 Å². The number of hydrogen-bond donors (Lipinski definition) is 0. The van der Waals surface area contributed by atoms with Gasteiger partial charge in [0.1, 0.15) is 5.41 Å².